The van der Waals surface area contributed by atoms with E-state index in [0.29, 0.717) is 12.0 Å². The van der Waals surface area contributed by atoms with Gasteiger partial charge in [0.15, 0.2) is 0 Å². The van der Waals surface area contributed by atoms with E-state index >= 15 is 0 Å². The molecule has 0 saturated heterocycles. The van der Waals surface area contributed by atoms with Gasteiger partial charge in [0, 0.05) is 18.1 Å². The summed E-state index contributed by atoms with van der Waals surface area (Å²) < 4.78 is 0. The molecule has 16 heavy (non-hydrogen) atoms. The standard InChI is InChI=1S/C14H30N2/c1-12(2)10-14(3,11-15)16-13-8-6-4-5-7-9-13/h12-13,16H,4-11,15H2,1-3H3. The lowest BCUT2D eigenvalue weighted by Gasteiger charge is -2.35. The Morgan fingerprint density at radius 3 is 2.19 bits per heavy atom. The Hall–Kier alpha value is -0.0800. The van der Waals surface area contributed by atoms with Crippen molar-refractivity contribution in [2.75, 3.05) is 6.54 Å². The average Bonchev–Trinajstić information content (AvgIpc) is 2.45. The van der Waals surface area contributed by atoms with E-state index < -0.39 is 0 Å². The van der Waals surface area contributed by atoms with Gasteiger partial charge in [0.25, 0.3) is 0 Å². The highest BCUT2D eigenvalue weighted by Crippen LogP contribution is 2.22. The molecule has 0 aromatic rings. The lowest BCUT2D eigenvalue weighted by atomic mass is 9.89. The van der Waals surface area contributed by atoms with Crippen LogP contribution in [-0.4, -0.2) is 18.1 Å². The minimum Gasteiger partial charge on any atom is -0.329 e. The van der Waals surface area contributed by atoms with Crippen LogP contribution in [0.25, 0.3) is 0 Å². The van der Waals surface area contributed by atoms with Crippen LogP contribution in [0.5, 0.6) is 0 Å². The molecule has 1 aliphatic carbocycles. The fraction of sp³-hybridized carbons (Fsp3) is 1.00. The lowest BCUT2D eigenvalue weighted by Crippen LogP contribution is -2.53. The second-order valence-electron chi connectivity index (χ2n) is 6.20. The predicted octanol–water partition coefficient (Wildman–Crippen LogP) is 3.06. The quantitative estimate of drug-likeness (QED) is 0.707. The predicted molar refractivity (Wildman–Crippen MR) is 71.5 cm³/mol. The Labute approximate surface area is 101 Å². The third-order valence-corrected chi connectivity index (χ3v) is 3.72. The maximum absolute atomic E-state index is 5.95. The Kier molecular flexibility index (Phi) is 5.77. The van der Waals surface area contributed by atoms with Gasteiger partial charge < -0.3 is 11.1 Å². The van der Waals surface area contributed by atoms with Gasteiger partial charge in [-0.3, -0.25) is 0 Å². The van der Waals surface area contributed by atoms with E-state index in [1.54, 1.807) is 0 Å². The molecule has 1 aliphatic rings. The highest BCUT2D eigenvalue weighted by molar-refractivity contribution is 4.89. The molecule has 0 bridgehead atoms. The van der Waals surface area contributed by atoms with Crippen molar-refractivity contribution in [2.45, 2.75) is 77.3 Å². The zero-order valence-corrected chi connectivity index (χ0v) is 11.4. The number of rotatable bonds is 5. The van der Waals surface area contributed by atoms with Crippen LogP contribution >= 0.6 is 0 Å². The zero-order chi connectivity index (χ0) is 12.0. The van der Waals surface area contributed by atoms with Crippen molar-refractivity contribution in [1.29, 1.82) is 0 Å². The molecule has 0 spiro atoms. The van der Waals surface area contributed by atoms with Crippen LogP contribution in [-0.2, 0) is 0 Å². The maximum Gasteiger partial charge on any atom is 0.0280 e. The largest absolute Gasteiger partial charge is 0.329 e. The van der Waals surface area contributed by atoms with Gasteiger partial charge in [-0.2, -0.15) is 0 Å². The van der Waals surface area contributed by atoms with Crippen LogP contribution in [0.4, 0.5) is 0 Å². The number of hydrogen-bond donors (Lipinski definition) is 2. The lowest BCUT2D eigenvalue weighted by molar-refractivity contribution is 0.254. The van der Waals surface area contributed by atoms with Gasteiger partial charge in [0.2, 0.25) is 0 Å². The molecule has 0 aromatic heterocycles. The van der Waals surface area contributed by atoms with Crippen molar-refractivity contribution < 1.29 is 0 Å². The first-order valence-electron chi connectivity index (χ1n) is 7.03. The number of nitrogens with one attached hydrogen (secondary N) is 1. The zero-order valence-electron chi connectivity index (χ0n) is 11.4. The van der Waals surface area contributed by atoms with Gasteiger partial charge in [0.1, 0.15) is 0 Å². The fourth-order valence-corrected chi connectivity index (χ4v) is 3.02. The summed E-state index contributed by atoms with van der Waals surface area (Å²) in [6.45, 7) is 7.60. The second kappa shape index (κ2) is 6.61. The van der Waals surface area contributed by atoms with Crippen LogP contribution in [0, 0.1) is 5.92 Å². The molecule has 2 heteroatoms. The molecule has 0 aliphatic heterocycles. The highest BCUT2D eigenvalue weighted by Gasteiger charge is 2.26. The van der Waals surface area contributed by atoms with E-state index in [4.69, 9.17) is 5.73 Å². The van der Waals surface area contributed by atoms with E-state index in [0.717, 1.165) is 6.54 Å². The van der Waals surface area contributed by atoms with Crippen LogP contribution in [0.1, 0.15) is 65.7 Å². The Morgan fingerprint density at radius 2 is 1.75 bits per heavy atom. The summed E-state index contributed by atoms with van der Waals surface area (Å²) in [6, 6.07) is 0.704. The van der Waals surface area contributed by atoms with E-state index in [1.165, 1.54) is 44.9 Å². The van der Waals surface area contributed by atoms with Gasteiger partial charge in [-0.25, -0.2) is 0 Å². The Bertz CT molecular complexity index is 183. The van der Waals surface area contributed by atoms with Crippen molar-refractivity contribution in [2.24, 2.45) is 11.7 Å². The summed E-state index contributed by atoms with van der Waals surface area (Å²) >= 11 is 0. The molecule has 1 unspecified atom stereocenters. The molecular formula is C14H30N2. The van der Waals surface area contributed by atoms with Gasteiger partial charge in [-0.1, -0.05) is 39.5 Å². The van der Waals surface area contributed by atoms with Crippen molar-refractivity contribution in [1.82, 2.24) is 5.32 Å². The molecule has 96 valence electrons. The van der Waals surface area contributed by atoms with Crippen molar-refractivity contribution in [3.8, 4) is 0 Å². The molecule has 3 N–H and O–H groups in total. The second-order valence-corrected chi connectivity index (χ2v) is 6.20. The van der Waals surface area contributed by atoms with E-state index in [2.05, 4.69) is 26.1 Å². The van der Waals surface area contributed by atoms with E-state index in [1.807, 2.05) is 0 Å². The Morgan fingerprint density at radius 1 is 1.19 bits per heavy atom. The molecule has 0 amide bonds. The molecule has 1 saturated carbocycles. The van der Waals surface area contributed by atoms with Gasteiger partial charge >= 0.3 is 0 Å². The smallest absolute Gasteiger partial charge is 0.0280 e. The van der Waals surface area contributed by atoms with E-state index in [-0.39, 0.29) is 5.54 Å². The molecule has 0 heterocycles. The number of hydrogen-bond acceptors (Lipinski definition) is 2. The van der Waals surface area contributed by atoms with Crippen LogP contribution in [0.15, 0.2) is 0 Å². The maximum atomic E-state index is 5.95. The monoisotopic (exact) mass is 226 g/mol. The SMILES string of the molecule is CC(C)CC(C)(CN)NC1CCCCCC1. The molecule has 1 fully saturated rings. The summed E-state index contributed by atoms with van der Waals surface area (Å²) in [5, 5.41) is 3.83. The third kappa shape index (κ3) is 4.84. The first kappa shape index (κ1) is 14.0. The van der Waals surface area contributed by atoms with Gasteiger partial charge in [0.05, 0.1) is 0 Å². The molecule has 1 rings (SSSR count). The summed E-state index contributed by atoms with van der Waals surface area (Å²) in [5.74, 6) is 0.715. The third-order valence-electron chi connectivity index (χ3n) is 3.72. The topological polar surface area (TPSA) is 38.0 Å². The van der Waals surface area contributed by atoms with Crippen LogP contribution in [0.3, 0.4) is 0 Å². The molecule has 0 radical (unpaired) electrons. The van der Waals surface area contributed by atoms with Crippen molar-refractivity contribution in [3.63, 3.8) is 0 Å². The van der Waals surface area contributed by atoms with Gasteiger partial charge in [-0.15, -0.1) is 0 Å². The summed E-state index contributed by atoms with van der Waals surface area (Å²) in [7, 11) is 0. The van der Waals surface area contributed by atoms with Crippen molar-refractivity contribution in [3.05, 3.63) is 0 Å². The average molecular weight is 226 g/mol. The van der Waals surface area contributed by atoms with Crippen molar-refractivity contribution >= 4 is 0 Å². The van der Waals surface area contributed by atoms with Gasteiger partial charge in [-0.05, 0) is 32.1 Å². The van der Waals surface area contributed by atoms with Crippen LogP contribution in [0.2, 0.25) is 0 Å². The highest BCUT2D eigenvalue weighted by atomic mass is 15.0. The summed E-state index contributed by atoms with van der Waals surface area (Å²) in [4.78, 5) is 0. The first-order valence-corrected chi connectivity index (χ1v) is 7.03. The fourth-order valence-electron chi connectivity index (χ4n) is 3.02. The first-order chi connectivity index (χ1) is 7.56. The van der Waals surface area contributed by atoms with E-state index in [9.17, 15) is 0 Å². The summed E-state index contributed by atoms with van der Waals surface area (Å²) in [5.41, 5.74) is 6.09. The minimum absolute atomic E-state index is 0.142. The normalized spacial score (nSPS) is 23.1. The number of nitrogens with two attached hydrogens (primary N) is 1. The summed E-state index contributed by atoms with van der Waals surface area (Å²) in [6.07, 6.45) is 9.48. The minimum atomic E-state index is 0.142. The van der Waals surface area contributed by atoms with Crippen LogP contribution < -0.4 is 11.1 Å². The molecular weight excluding hydrogens is 196 g/mol. The molecule has 0 aromatic carbocycles. The molecule has 2 nitrogen and oxygen atoms in total. The Balaban J connectivity index is 2.46. The molecule has 1 atom stereocenters.